The number of hydrogen-bond donors (Lipinski definition) is 2. The quantitative estimate of drug-likeness (QED) is 0.749. The van der Waals surface area contributed by atoms with Gasteiger partial charge in [0.15, 0.2) is 0 Å². The lowest BCUT2D eigenvalue weighted by atomic mass is 10.0. The number of aryl methyl sites for hydroxylation is 1. The standard InChI is InChI=1S/C16H23NO3/c1-13-5-4-6-14(11-13)7-8-15(18)17-12-16(2,19)9-10-20-3/h4-8,11,19H,9-10,12H2,1-3H3,(H,17,18)/b8-7+. The number of carbonyl (C=O) groups is 1. The fourth-order valence-electron chi connectivity index (χ4n) is 1.69. The number of methoxy groups -OCH3 is 1. The van der Waals surface area contributed by atoms with Crippen LogP contribution in [0.25, 0.3) is 6.08 Å². The molecule has 0 aromatic heterocycles. The molecule has 4 heteroatoms. The van der Waals surface area contributed by atoms with Gasteiger partial charge in [-0.3, -0.25) is 4.79 Å². The SMILES string of the molecule is COCCC(C)(O)CNC(=O)/C=C/c1cccc(C)c1. The first-order chi connectivity index (χ1) is 9.43. The van der Waals surface area contributed by atoms with Gasteiger partial charge in [0.25, 0.3) is 0 Å². The fourth-order valence-corrected chi connectivity index (χ4v) is 1.69. The van der Waals surface area contributed by atoms with Crippen LogP contribution >= 0.6 is 0 Å². The summed E-state index contributed by atoms with van der Waals surface area (Å²) in [6.07, 6.45) is 3.71. The van der Waals surface area contributed by atoms with Gasteiger partial charge in [0.1, 0.15) is 0 Å². The molecule has 0 fully saturated rings. The number of nitrogens with one attached hydrogen (secondary N) is 1. The zero-order chi connectivity index (χ0) is 15.0. The minimum Gasteiger partial charge on any atom is -0.388 e. The van der Waals surface area contributed by atoms with Crippen LogP contribution in [-0.2, 0) is 9.53 Å². The molecule has 20 heavy (non-hydrogen) atoms. The Morgan fingerprint density at radius 1 is 1.50 bits per heavy atom. The highest BCUT2D eigenvalue weighted by atomic mass is 16.5. The minimum absolute atomic E-state index is 0.202. The van der Waals surface area contributed by atoms with Crippen molar-refractivity contribution in [3.63, 3.8) is 0 Å². The van der Waals surface area contributed by atoms with Crippen molar-refractivity contribution in [2.75, 3.05) is 20.3 Å². The summed E-state index contributed by atoms with van der Waals surface area (Å²) in [5.41, 5.74) is 1.17. The molecular formula is C16H23NO3. The molecule has 0 aliphatic carbocycles. The highest BCUT2D eigenvalue weighted by molar-refractivity contribution is 5.91. The topological polar surface area (TPSA) is 58.6 Å². The summed E-state index contributed by atoms with van der Waals surface area (Å²) >= 11 is 0. The molecule has 1 aromatic rings. The maximum Gasteiger partial charge on any atom is 0.244 e. The minimum atomic E-state index is -0.956. The van der Waals surface area contributed by atoms with E-state index in [1.54, 1.807) is 20.1 Å². The van der Waals surface area contributed by atoms with E-state index in [2.05, 4.69) is 5.32 Å². The third kappa shape index (κ3) is 6.50. The molecule has 0 saturated carbocycles. The summed E-state index contributed by atoms with van der Waals surface area (Å²) in [7, 11) is 1.58. The number of rotatable bonds is 7. The van der Waals surface area contributed by atoms with Crippen molar-refractivity contribution in [1.29, 1.82) is 0 Å². The first kappa shape index (κ1) is 16.4. The largest absolute Gasteiger partial charge is 0.388 e. The predicted octanol–water partition coefficient (Wildman–Crippen LogP) is 1.91. The fraction of sp³-hybridized carbons (Fsp3) is 0.438. The average molecular weight is 277 g/mol. The van der Waals surface area contributed by atoms with Gasteiger partial charge in [-0.1, -0.05) is 29.8 Å². The number of ether oxygens (including phenoxy) is 1. The summed E-state index contributed by atoms with van der Waals surface area (Å²) in [4.78, 5) is 11.7. The molecule has 1 atom stereocenters. The Labute approximate surface area is 120 Å². The lowest BCUT2D eigenvalue weighted by molar-refractivity contribution is -0.117. The van der Waals surface area contributed by atoms with Crippen molar-refractivity contribution in [3.05, 3.63) is 41.5 Å². The maximum atomic E-state index is 11.7. The molecule has 110 valence electrons. The molecule has 0 radical (unpaired) electrons. The summed E-state index contributed by atoms with van der Waals surface area (Å²) in [6, 6.07) is 7.89. The van der Waals surface area contributed by atoms with Gasteiger partial charge in [-0.2, -0.15) is 0 Å². The number of aliphatic hydroxyl groups is 1. The third-order valence-corrected chi connectivity index (χ3v) is 2.96. The van der Waals surface area contributed by atoms with Crippen molar-refractivity contribution < 1.29 is 14.6 Å². The first-order valence-corrected chi connectivity index (χ1v) is 6.67. The normalized spacial score (nSPS) is 14.2. The lowest BCUT2D eigenvalue weighted by Crippen LogP contribution is -2.40. The van der Waals surface area contributed by atoms with E-state index in [0.29, 0.717) is 13.0 Å². The smallest absolute Gasteiger partial charge is 0.244 e. The van der Waals surface area contributed by atoms with Gasteiger partial charge in [0.05, 0.1) is 5.60 Å². The number of carbonyl (C=O) groups excluding carboxylic acids is 1. The Bertz CT molecular complexity index is 467. The number of amides is 1. The molecule has 0 bridgehead atoms. The van der Waals surface area contributed by atoms with Gasteiger partial charge in [-0.05, 0) is 25.5 Å². The Balaban J connectivity index is 2.44. The van der Waals surface area contributed by atoms with Crippen molar-refractivity contribution in [3.8, 4) is 0 Å². The zero-order valence-corrected chi connectivity index (χ0v) is 12.3. The Hall–Kier alpha value is -1.65. The molecule has 2 N–H and O–H groups in total. The lowest BCUT2D eigenvalue weighted by Gasteiger charge is -2.22. The highest BCUT2D eigenvalue weighted by Gasteiger charge is 2.20. The van der Waals surface area contributed by atoms with Crippen LogP contribution < -0.4 is 5.32 Å². The van der Waals surface area contributed by atoms with Crippen molar-refractivity contribution in [2.24, 2.45) is 0 Å². The molecule has 0 heterocycles. The summed E-state index contributed by atoms with van der Waals surface area (Å²) in [6.45, 7) is 4.34. The van der Waals surface area contributed by atoms with Gasteiger partial charge in [-0.15, -0.1) is 0 Å². The zero-order valence-electron chi connectivity index (χ0n) is 12.3. The number of benzene rings is 1. The van der Waals surface area contributed by atoms with Crippen LogP contribution in [0.1, 0.15) is 24.5 Å². The van der Waals surface area contributed by atoms with E-state index in [0.717, 1.165) is 11.1 Å². The van der Waals surface area contributed by atoms with Gasteiger partial charge < -0.3 is 15.2 Å². The molecule has 0 aliphatic rings. The molecule has 1 unspecified atom stereocenters. The first-order valence-electron chi connectivity index (χ1n) is 6.67. The van der Waals surface area contributed by atoms with E-state index in [1.165, 1.54) is 6.08 Å². The van der Waals surface area contributed by atoms with Gasteiger partial charge >= 0.3 is 0 Å². The second-order valence-electron chi connectivity index (χ2n) is 5.21. The van der Waals surface area contributed by atoms with Crippen LogP contribution in [0.4, 0.5) is 0 Å². The molecule has 1 aromatic carbocycles. The van der Waals surface area contributed by atoms with Crippen molar-refractivity contribution in [1.82, 2.24) is 5.32 Å². The van der Waals surface area contributed by atoms with Crippen LogP contribution in [0.3, 0.4) is 0 Å². The van der Waals surface area contributed by atoms with Crippen LogP contribution in [0.5, 0.6) is 0 Å². The molecule has 1 rings (SSSR count). The molecule has 4 nitrogen and oxygen atoms in total. The average Bonchev–Trinajstić information content (AvgIpc) is 2.41. The van der Waals surface area contributed by atoms with Crippen LogP contribution in [-0.4, -0.2) is 36.9 Å². The second-order valence-corrected chi connectivity index (χ2v) is 5.21. The van der Waals surface area contributed by atoms with Crippen molar-refractivity contribution >= 4 is 12.0 Å². The molecular weight excluding hydrogens is 254 g/mol. The predicted molar refractivity (Wildman–Crippen MR) is 80.3 cm³/mol. The van der Waals surface area contributed by atoms with E-state index >= 15 is 0 Å². The Morgan fingerprint density at radius 3 is 2.90 bits per heavy atom. The van der Waals surface area contributed by atoms with Gasteiger partial charge in [-0.25, -0.2) is 0 Å². The van der Waals surface area contributed by atoms with Crippen LogP contribution in [0.2, 0.25) is 0 Å². The third-order valence-electron chi connectivity index (χ3n) is 2.96. The van der Waals surface area contributed by atoms with Crippen LogP contribution in [0, 0.1) is 6.92 Å². The van der Waals surface area contributed by atoms with Crippen LogP contribution in [0.15, 0.2) is 30.3 Å². The van der Waals surface area contributed by atoms with E-state index in [1.807, 2.05) is 31.2 Å². The highest BCUT2D eigenvalue weighted by Crippen LogP contribution is 2.08. The molecule has 0 aliphatic heterocycles. The van der Waals surface area contributed by atoms with E-state index < -0.39 is 5.60 Å². The molecule has 0 saturated heterocycles. The second kappa shape index (κ2) is 7.82. The summed E-state index contributed by atoms with van der Waals surface area (Å²) < 4.78 is 4.91. The van der Waals surface area contributed by atoms with E-state index in [9.17, 15) is 9.90 Å². The maximum absolute atomic E-state index is 11.7. The summed E-state index contributed by atoms with van der Waals surface area (Å²) in [5, 5.41) is 12.7. The van der Waals surface area contributed by atoms with E-state index in [-0.39, 0.29) is 12.5 Å². The summed E-state index contributed by atoms with van der Waals surface area (Å²) in [5.74, 6) is -0.218. The van der Waals surface area contributed by atoms with E-state index in [4.69, 9.17) is 4.74 Å². The molecule has 1 amide bonds. The Morgan fingerprint density at radius 2 is 2.25 bits per heavy atom. The van der Waals surface area contributed by atoms with Crippen molar-refractivity contribution in [2.45, 2.75) is 25.9 Å². The Kier molecular flexibility index (Phi) is 6.42. The van der Waals surface area contributed by atoms with Gasteiger partial charge in [0, 0.05) is 32.8 Å². The number of hydrogen-bond acceptors (Lipinski definition) is 3. The molecule has 0 spiro atoms. The monoisotopic (exact) mass is 277 g/mol. The van der Waals surface area contributed by atoms with Gasteiger partial charge in [0.2, 0.25) is 5.91 Å².